The molecule has 0 heterocycles. The van der Waals surface area contributed by atoms with Crippen LogP contribution in [0.25, 0.3) is 0 Å². The average molecular weight is 718 g/mol. The molecule has 230 valence electrons. The minimum absolute atomic E-state index is 0. The van der Waals surface area contributed by atoms with Crippen molar-refractivity contribution in [3.05, 3.63) is 169 Å². The summed E-state index contributed by atoms with van der Waals surface area (Å²) in [5.74, 6) is 0.0979. The molecule has 0 radical (unpaired) electrons. The van der Waals surface area contributed by atoms with E-state index < -0.39 is 19.7 Å². The van der Waals surface area contributed by atoms with Gasteiger partial charge in [0.1, 0.15) is 11.5 Å². The first-order chi connectivity index (χ1) is 21.0. The smallest absolute Gasteiger partial charge is 0.508 e. The zero-order valence-electron chi connectivity index (χ0n) is 24.9. The summed E-state index contributed by atoms with van der Waals surface area (Å²) >= 11 is 0. The van der Waals surface area contributed by atoms with Crippen molar-refractivity contribution in [1.82, 2.24) is 0 Å². The first kappa shape index (κ1) is 37.2. The van der Waals surface area contributed by atoms with Gasteiger partial charge < -0.3 is 10.2 Å². The minimum atomic E-state index is -3.48. The van der Waals surface area contributed by atoms with E-state index in [0.717, 1.165) is 11.1 Å². The normalized spacial score (nSPS) is 10.4. The van der Waals surface area contributed by atoms with Gasteiger partial charge in [-0.1, -0.05) is 35.4 Å². The molecule has 0 unspecified atom stereocenters. The fourth-order valence-electron chi connectivity index (χ4n) is 3.60. The molecular formula is C36H34O6S2Zr. The maximum atomic E-state index is 12.2. The number of aryl methyl sites for hydroxylation is 2. The Bertz CT molecular complexity index is 1580. The fourth-order valence-corrected chi connectivity index (χ4v) is 6.12. The summed E-state index contributed by atoms with van der Waals surface area (Å²) in [6.07, 6.45) is 0. The zero-order valence-corrected chi connectivity index (χ0v) is 28.9. The first-order valence-electron chi connectivity index (χ1n) is 13.5. The summed E-state index contributed by atoms with van der Waals surface area (Å²) in [5, 5.41) is 18.3. The predicted molar refractivity (Wildman–Crippen MR) is 174 cm³/mol. The van der Waals surface area contributed by atoms with Crippen LogP contribution in [0, 0.1) is 13.8 Å². The third-order valence-corrected chi connectivity index (χ3v) is 9.64. The summed E-state index contributed by atoms with van der Waals surface area (Å²) in [6, 6.07) is 44.4. The standard InChI is InChI=1S/2C13H12O3S.2C5H5.Zr/c2*1-10-2-6-12(7-3-10)17(15,16)13-8-4-11(14)5-9-13;2*1-2-4-5-3-1;/h2*2-9,14H,1H3;2*1-5H;/q;;2*-1;+2. The Hall–Kier alpha value is -4.04. The van der Waals surface area contributed by atoms with Gasteiger partial charge in [-0.2, -0.15) is 36.4 Å². The Morgan fingerprint density at radius 1 is 0.422 bits per heavy atom. The van der Waals surface area contributed by atoms with Crippen molar-refractivity contribution in [2.24, 2.45) is 0 Å². The molecule has 0 aromatic heterocycles. The number of hydrogen-bond acceptors (Lipinski definition) is 6. The third-order valence-electron chi connectivity index (χ3n) is 6.07. The summed E-state index contributed by atoms with van der Waals surface area (Å²) in [4.78, 5) is 0.876. The summed E-state index contributed by atoms with van der Waals surface area (Å²) in [6.45, 7) is 3.80. The van der Waals surface area contributed by atoms with Gasteiger partial charge in [0, 0.05) is 0 Å². The van der Waals surface area contributed by atoms with Gasteiger partial charge in [0.15, 0.2) is 0 Å². The van der Waals surface area contributed by atoms with Crippen molar-refractivity contribution in [1.29, 1.82) is 0 Å². The largest absolute Gasteiger partial charge is 2.00 e. The van der Waals surface area contributed by atoms with E-state index in [1.165, 1.54) is 48.5 Å². The van der Waals surface area contributed by atoms with Gasteiger partial charge in [-0.25, -0.2) is 41.1 Å². The molecule has 6 nitrogen and oxygen atoms in total. The molecule has 6 aromatic carbocycles. The van der Waals surface area contributed by atoms with E-state index in [-0.39, 0.29) is 57.3 Å². The molecule has 0 aliphatic heterocycles. The number of sulfone groups is 2. The summed E-state index contributed by atoms with van der Waals surface area (Å²) < 4.78 is 48.7. The molecule has 0 atom stereocenters. The maximum Gasteiger partial charge on any atom is 2.00 e. The van der Waals surface area contributed by atoms with Crippen LogP contribution in [0.5, 0.6) is 11.5 Å². The number of rotatable bonds is 4. The second-order valence-electron chi connectivity index (χ2n) is 9.55. The molecule has 0 fully saturated rings. The van der Waals surface area contributed by atoms with Crippen molar-refractivity contribution in [3.63, 3.8) is 0 Å². The summed E-state index contributed by atoms with van der Waals surface area (Å²) in [5.41, 5.74) is 2.02. The van der Waals surface area contributed by atoms with Crippen molar-refractivity contribution in [2.75, 3.05) is 0 Å². The van der Waals surface area contributed by atoms with Crippen LogP contribution in [0.2, 0.25) is 0 Å². The van der Waals surface area contributed by atoms with Crippen molar-refractivity contribution in [3.8, 4) is 11.5 Å². The van der Waals surface area contributed by atoms with Gasteiger partial charge in [-0.3, -0.25) is 0 Å². The Labute approximate surface area is 285 Å². The molecule has 0 aliphatic carbocycles. The molecule has 9 heteroatoms. The predicted octanol–water partition coefficient (Wildman–Crippen LogP) is 7.88. The number of hydrogen-bond donors (Lipinski definition) is 2. The molecule has 2 N–H and O–H groups in total. The van der Waals surface area contributed by atoms with Gasteiger partial charge in [0.2, 0.25) is 19.7 Å². The Morgan fingerprint density at radius 3 is 0.844 bits per heavy atom. The molecule has 0 amide bonds. The molecule has 0 spiro atoms. The van der Waals surface area contributed by atoms with E-state index in [0.29, 0.717) is 0 Å². The Kier molecular flexibility index (Phi) is 14.9. The SMILES string of the molecule is Cc1ccc(S(=O)(=O)c2ccc(O)cc2)cc1.Cc1ccc(S(=O)(=O)c2ccc(O)cc2)cc1.[Zr+2].c1cc[cH-]c1.c1cc[cH-]c1. The van der Waals surface area contributed by atoms with Crippen LogP contribution in [0.1, 0.15) is 11.1 Å². The van der Waals surface area contributed by atoms with Crippen LogP contribution in [0.3, 0.4) is 0 Å². The van der Waals surface area contributed by atoms with E-state index in [1.807, 2.05) is 74.5 Å². The van der Waals surface area contributed by atoms with Crippen LogP contribution in [0.4, 0.5) is 0 Å². The number of phenolic OH excluding ortho intramolecular Hbond substituents is 2. The van der Waals surface area contributed by atoms with E-state index in [4.69, 9.17) is 10.2 Å². The van der Waals surface area contributed by atoms with Crippen molar-refractivity contribution in [2.45, 2.75) is 33.4 Å². The van der Waals surface area contributed by atoms with E-state index >= 15 is 0 Å². The minimum Gasteiger partial charge on any atom is -0.508 e. The molecule has 0 bridgehead atoms. The molecular weight excluding hydrogens is 684 g/mol. The van der Waals surface area contributed by atoms with Crippen molar-refractivity contribution >= 4 is 19.7 Å². The molecule has 6 aromatic rings. The average Bonchev–Trinajstić information content (AvgIpc) is 3.79. The fraction of sp³-hybridized carbons (Fsp3) is 0.0556. The van der Waals surface area contributed by atoms with Gasteiger partial charge in [0.05, 0.1) is 19.6 Å². The van der Waals surface area contributed by atoms with Crippen LogP contribution in [-0.4, -0.2) is 27.0 Å². The topological polar surface area (TPSA) is 109 Å². The summed E-state index contributed by atoms with van der Waals surface area (Å²) in [7, 11) is -6.97. The second kappa shape index (κ2) is 18.1. The number of phenols is 2. The third kappa shape index (κ3) is 11.8. The van der Waals surface area contributed by atoms with E-state index in [1.54, 1.807) is 48.5 Å². The maximum absolute atomic E-state index is 12.2. The van der Waals surface area contributed by atoms with E-state index in [9.17, 15) is 16.8 Å². The second-order valence-corrected chi connectivity index (χ2v) is 13.4. The van der Waals surface area contributed by atoms with Crippen LogP contribution < -0.4 is 0 Å². The van der Waals surface area contributed by atoms with E-state index in [2.05, 4.69) is 0 Å². The van der Waals surface area contributed by atoms with Gasteiger partial charge in [-0.15, -0.1) is 0 Å². The number of aromatic hydroxyl groups is 2. The van der Waals surface area contributed by atoms with Gasteiger partial charge >= 0.3 is 26.2 Å². The number of benzene rings is 4. The van der Waals surface area contributed by atoms with Crippen LogP contribution in [-0.2, 0) is 45.9 Å². The molecule has 0 aliphatic rings. The van der Waals surface area contributed by atoms with Crippen LogP contribution >= 0.6 is 0 Å². The zero-order chi connectivity index (χ0) is 32.0. The Morgan fingerprint density at radius 2 is 0.644 bits per heavy atom. The van der Waals surface area contributed by atoms with Crippen LogP contribution in [0.15, 0.2) is 177 Å². The van der Waals surface area contributed by atoms with Gasteiger partial charge in [0.25, 0.3) is 0 Å². The monoisotopic (exact) mass is 716 g/mol. The quantitative estimate of drug-likeness (QED) is 0.180. The van der Waals surface area contributed by atoms with Gasteiger partial charge in [-0.05, 0) is 86.6 Å². The molecule has 45 heavy (non-hydrogen) atoms. The molecule has 0 saturated heterocycles. The van der Waals surface area contributed by atoms with Crippen molar-refractivity contribution < 1.29 is 53.3 Å². The molecule has 0 saturated carbocycles. The molecule has 6 rings (SSSR count). The first-order valence-corrected chi connectivity index (χ1v) is 16.5. The Balaban J connectivity index is 0.000000235.